The van der Waals surface area contributed by atoms with E-state index in [1.54, 1.807) is 6.07 Å². The maximum atomic E-state index is 12.3. The summed E-state index contributed by atoms with van der Waals surface area (Å²) in [6, 6.07) is 3.72. The van der Waals surface area contributed by atoms with E-state index in [0.717, 1.165) is 19.2 Å². The second-order valence-corrected chi connectivity index (χ2v) is 3.29. The highest BCUT2D eigenvalue weighted by Crippen LogP contribution is 2.33. The molecule has 5 nitrogen and oxygen atoms in total. The number of rotatable bonds is 3. The molecule has 0 radical (unpaired) electrons. The number of aliphatic hydroxyl groups is 1. The number of carbonyl (C=O) groups excluding carboxylic acids is 1. The van der Waals surface area contributed by atoms with Gasteiger partial charge < -0.3 is 14.6 Å². The number of esters is 1. The third-order valence-corrected chi connectivity index (χ3v) is 2.14. The maximum Gasteiger partial charge on any atom is 0.573 e. The number of aliphatic hydroxyl groups excluding tert-OH is 1. The van der Waals surface area contributed by atoms with E-state index in [4.69, 9.17) is 10.4 Å². The number of methoxy groups -OCH3 is 1. The first kappa shape index (κ1) is 14.8. The Kier molecular flexibility index (Phi) is 4.34. The van der Waals surface area contributed by atoms with Gasteiger partial charge in [0, 0.05) is 5.56 Å². The molecule has 0 aliphatic heterocycles. The highest BCUT2D eigenvalue weighted by atomic mass is 19.4. The van der Waals surface area contributed by atoms with E-state index in [1.165, 1.54) is 0 Å². The van der Waals surface area contributed by atoms with Crippen LogP contribution in [0.5, 0.6) is 5.75 Å². The number of nitriles is 1. The van der Waals surface area contributed by atoms with E-state index in [9.17, 15) is 18.0 Å². The summed E-state index contributed by atoms with van der Waals surface area (Å²) in [7, 11) is 0.951. The smallest absolute Gasteiger partial charge is 0.465 e. The minimum atomic E-state index is -5.07. The molecule has 0 atom stereocenters. The van der Waals surface area contributed by atoms with E-state index in [2.05, 4.69) is 9.47 Å². The van der Waals surface area contributed by atoms with Gasteiger partial charge in [0.05, 0.1) is 19.3 Å². The lowest BCUT2D eigenvalue weighted by molar-refractivity contribution is -0.275. The Bertz CT molecular complexity index is 534. The van der Waals surface area contributed by atoms with Crippen LogP contribution in [0.1, 0.15) is 21.5 Å². The zero-order chi connectivity index (χ0) is 14.6. The molecule has 0 spiro atoms. The van der Waals surface area contributed by atoms with Crippen molar-refractivity contribution in [3.8, 4) is 11.8 Å². The second kappa shape index (κ2) is 5.58. The lowest BCUT2D eigenvalue weighted by Crippen LogP contribution is -2.21. The molecule has 0 unspecified atom stereocenters. The number of carbonyl (C=O) groups is 1. The van der Waals surface area contributed by atoms with Gasteiger partial charge in [0.15, 0.2) is 5.75 Å². The van der Waals surface area contributed by atoms with Gasteiger partial charge in [-0.2, -0.15) is 5.26 Å². The molecule has 1 aromatic rings. The molecule has 0 amide bonds. The van der Waals surface area contributed by atoms with Gasteiger partial charge in [0.1, 0.15) is 11.6 Å². The van der Waals surface area contributed by atoms with Crippen molar-refractivity contribution >= 4 is 5.97 Å². The molecule has 102 valence electrons. The first-order valence-electron chi connectivity index (χ1n) is 4.85. The van der Waals surface area contributed by atoms with Crippen molar-refractivity contribution in [2.45, 2.75) is 13.0 Å². The fraction of sp³-hybridized carbons (Fsp3) is 0.273. The molecule has 0 saturated heterocycles. The Balaban J connectivity index is 3.53. The fourth-order valence-electron chi connectivity index (χ4n) is 1.38. The molecule has 1 aromatic carbocycles. The number of hydrogen-bond acceptors (Lipinski definition) is 5. The number of alkyl halides is 3. The molecule has 0 saturated carbocycles. The SMILES string of the molecule is COC(=O)c1c(C#N)ccc(CO)c1OC(F)(F)F. The number of hydrogen-bond donors (Lipinski definition) is 1. The van der Waals surface area contributed by atoms with Crippen LogP contribution in [0.3, 0.4) is 0 Å². The Hall–Kier alpha value is -2.27. The predicted molar refractivity (Wildman–Crippen MR) is 55.1 cm³/mol. The van der Waals surface area contributed by atoms with Crippen LogP contribution in [0.2, 0.25) is 0 Å². The molecular weight excluding hydrogens is 267 g/mol. The van der Waals surface area contributed by atoms with Gasteiger partial charge in [-0.05, 0) is 6.07 Å². The first-order valence-corrected chi connectivity index (χ1v) is 4.85. The summed E-state index contributed by atoms with van der Waals surface area (Å²) < 4.78 is 44.9. The average Bonchev–Trinajstić information content (AvgIpc) is 2.35. The topological polar surface area (TPSA) is 79.6 Å². The Morgan fingerprint density at radius 1 is 1.47 bits per heavy atom. The van der Waals surface area contributed by atoms with Crippen molar-refractivity contribution in [1.82, 2.24) is 0 Å². The monoisotopic (exact) mass is 275 g/mol. The lowest BCUT2D eigenvalue weighted by Gasteiger charge is -2.16. The van der Waals surface area contributed by atoms with Crippen molar-refractivity contribution in [3.05, 3.63) is 28.8 Å². The minimum Gasteiger partial charge on any atom is -0.465 e. The van der Waals surface area contributed by atoms with Gasteiger partial charge >= 0.3 is 12.3 Å². The van der Waals surface area contributed by atoms with Crippen molar-refractivity contribution in [3.63, 3.8) is 0 Å². The summed E-state index contributed by atoms with van der Waals surface area (Å²) in [5.41, 5.74) is -1.30. The Morgan fingerprint density at radius 2 is 2.11 bits per heavy atom. The second-order valence-electron chi connectivity index (χ2n) is 3.29. The quantitative estimate of drug-likeness (QED) is 0.850. The normalized spacial score (nSPS) is 10.7. The van der Waals surface area contributed by atoms with Crippen LogP contribution in [-0.2, 0) is 11.3 Å². The summed E-state index contributed by atoms with van der Waals surface area (Å²) in [6.07, 6.45) is -5.07. The fourth-order valence-corrected chi connectivity index (χ4v) is 1.38. The molecule has 8 heteroatoms. The predicted octanol–water partition coefficient (Wildman–Crippen LogP) is 1.74. The standard InChI is InChI=1S/C11H8F3NO4/c1-18-10(17)8-6(4-15)2-3-7(5-16)9(8)19-11(12,13)14/h2-3,16H,5H2,1H3. The van der Waals surface area contributed by atoms with Crippen molar-refractivity contribution in [2.75, 3.05) is 7.11 Å². The van der Waals surface area contributed by atoms with Crippen LogP contribution >= 0.6 is 0 Å². The van der Waals surface area contributed by atoms with Gasteiger partial charge in [-0.1, -0.05) is 6.07 Å². The third-order valence-electron chi connectivity index (χ3n) is 2.14. The molecule has 0 aliphatic rings. The van der Waals surface area contributed by atoms with Gasteiger partial charge in [-0.15, -0.1) is 13.2 Å². The van der Waals surface area contributed by atoms with E-state index in [0.29, 0.717) is 0 Å². The molecule has 0 aromatic heterocycles. The zero-order valence-electron chi connectivity index (χ0n) is 9.61. The molecule has 0 aliphatic carbocycles. The zero-order valence-corrected chi connectivity index (χ0v) is 9.61. The first-order chi connectivity index (χ1) is 8.84. The molecule has 1 N–H and O–H groups in total. The van der Waals surface area contributed by atoms with Crippen LogP contribution in [0.4, 0.5) is 13.2 Å². The number of halogens is 3. The van der Waals surface area contributed by atoms with Crippen molar-refractivity contribution in [1.29, 1.82) is 5.26 Å². The molecule has 19 heavy (non-hydrogen) atoms. The lowest BCUT2D eigenvalue weighted by atomic mass is 10.0. The van der Waals surface area contributed by atoms with Gasteiger partial charge in [0.2, 0.25) is 0 Å². The van der Waals surface area contributed by atoms with E-state index < -0.39 is 30.3 Å². The van der Waals surface area contributed by atoms with Gasteiger partial charge in [-0.25, -0.2) is 4.79 Å². The van der Waals surface area contributed by atoms with E-state index >= 15 is 0 Å². The minimum absolute atomic E-state index is 0.281. The number of benzene rings is 1. The number of nitrogens with zero attached hydrogens (tertiary/aromatic N) is 1. The Morgan fingerprint density at radius 3 is 2.53 bits per heavy atom. The van der Waals surface area contributed by atoms with Crippen LogP contribution in [0.15, 0.2) is 12.1 Å². The van der Waals surface area contributed by atoms with Crippen LogP contribution in [0, 0.1) is 11.3 Å². The summed E-state index contributed by atoms with van der Waals surface area (Å²) in [5, 5.41) is 17.8. The van der Waals surface area contributed by atoms with E-state index in [-0.39, 0.29) is 11.1 Å². The molecule has 0 bridgehead atoms. The Labute approximate surface area is 105 Å². The van der Waals surface area contributed by atoms with Crippen molar-refractivity contribution < 1.29 is 32.5 Å². The highest BCUT2D eigenvalue weighted by Gasteiger charge is 2.35. The van der Waals surface area contributed by atoms with Crippen molar-refractivity contribution in [2.24, 2.45) is 0 Å². The summed E-state index contributed by atoms with van der Waals surface area (Å²) in [5.74, 6) is -2.09. The van der Waals surface area contributed by atoms with Crippen LogP contribution in [0.25, 0.3) is 0 Å². The average molecular weight is 275 g/mol. The summed E-state index contributed by atoms with van der Waals surface area (Å²) >= 11 is 0. The summed E-state index contributed by atoms with van der Waals surface area (Å²) in [4.78, 5) is 11.5. The molecule has 0 fully saturated rings. The third kappa shape index (κ3) is 3.35. The molecule has 0 heterocycles. The van der Waals surface area contributed by atoms with Crippen LogP contribution in [-0.4, -0.2) is 24.5 Å². The number of ether oxygens (including phenoxy) is 2. The summed E-state index contributed by atoms with van der Waals surface area (Å²) in [6.45, 7) is -0.791. The van der Waals surface area contributed by atoms with E-state index in [1.807, 2.05) is 0 Å². The largest absolute Gasteiger partial charge is 0.573 e. The van der Waals surface area contributed by atoms with Gasteiger partial charge in [-0.3, -0.25) is 0 Å². The molecular formula is C11H8F3NO4. The maximum absolute atomic E-state index is 12.3. The molecule has 1 rings (SSSR count). The highest BCUT2D eigenvalue weighted by molar-refractivity contribution is 5.95. The van der Waals surface area contributed by atoms with Gasteiger partial charge in [0.25, 0.3) is 0 Å². The van der Waals surface area contributed by atoms with Crippen LogP contribution < -0.4 is 4.74 Å².